The molecule has 6 heteroatoms. The highest BCUT2D eigenvalue weighted by Crippen LogP contribution is 2.24. The van der Waals surface area contributed by atoms with E-state index in [1.54, 1.807) is 11.2 Å². The van der Waals surface area contributed by atoms with Crippen LogP contribution in [0.3, 0.4) is 0 Å². The highest BCUT2D eigenvalue weighted by atomic mass is 16.3. The van der Waals surface area contributed by atoms with Crippen molar-refractivity contribution in [2.75, 3.05) is 37.6 Å². The molecule has 2 saturated heterocycles. The lowest BCUT2D eigenvalue weighted by Gasteiger charge is -2.37. The van der Waals surface area contributed by atoms with E-state index in [9.17, 15) is 9.59 Å². The van der Waals surface area contributed by atoms with Crippen molar-refractivity contribution in [1.29, 1.82) is 0 Å². The van der Waals surface area contributed by atoms with Crippen molar-refractivity contribution in [2.24, 2.45) is 11.8 Å². The van der Waals surface area contributed by atoms with Crippen LogP contribution in [0.2, 0.25) is 0 Å². The van der Waals surface area contributed by atoms with Gasteiger partial charge in [-0.3, -0.25) is 14.5 Å². The lowest BCUT2D eigenvalue weighted by atomic mass is 9.92. The van der Waals surface area contributed by atoms with E-state index in [0.717, 1.165) is 69.2 Å². The average Bonchev–Trinajstić information content (AvgIpc) is 3.32. The number of nitrogens with zero attached hydrogens (tertiary/aromatic N) is 3. The van der Waals surface area contributed by atoms with Crippen LogP contribution in [-0.2, 0) is 16.1 Å². The first-order valence-electron chi connectivity index (χ1n) is 11.5. The smallest absolute Gasteiger partial charge is 0.241 e. The number of furan rings is 1. The molecule has 3 heterocycles. The van der Waals surface area contributed by atoms with Gasteiger partial charge in [0.15, 0.2) is 0 Å². The third-order valence-electron chi connectivity index (χ3n) is 6.65. The lowest BCUT2D eigenvalue weighted by Crippen LogP contribution is -2.47. The predicted molar refractivity (Wildman–Crippen MR) is 120 cm³/mol. The summed E-state index contributed by atoms with van der Waals surface area (Å²) in [5, 5.41) is 0. The maximum atomic E-state index is 13.2. The number of hydrogen-bond acceptors (Lipinski definition) is 4. The van der Waals surface area contributed by atoms with Crippen molar-refractivity contribution in [2.45, 2.75) is 39.2 Å². The highest BCUT2D eigenvalue weighted by molar-refractivity contribution is 5.94. The summed E-state index contributed by atoms with van der Waals surface area (Å²) in [6, 6.07) is 13.5. The zero-order valence-electron chi connectivity index (χ0n) is 18.4. The molecule has 1 aromatic heterocycles. The Morgan fingerprint density at radius 3 is 2.32 bits per heavy atom. The topological polar surface area (TPSA) is 57.0 Å². The van der Waals surface area contributed by atoms with Crippen LogP contribution in [0, 0.1) is 11.8 Å². The van der Waals surface area contributed by atoms with E-state index in [-0.39, 0.29) is 11.8 Å². The Hall–Kier alpha value is -2.60. The van der Waals surface area contributed by atoms with Gasteiger partial charge in [0.1, 0.15) is 5.76 Å². The van der Waals surface area contributed by atoms with Crippen LogP contribution in [0.1, 0.15) is 38.4 Å². The summed E-state index contributed by atoms with van der Waals surface area (Å²) in [6.45, 7) is 6.42. The molecular formula is C25H33N3O3. The van der Waals surface area contributed by atoms with Gasteiger partial charge < -0.3 is 14.2 Å². The molecule has 0 unspecified atom stereocenters. The summed E-state index contributed by atoms with van der Waals surface area (Å²) in [5.74, 6) is 1.97. The Morgan fingerprint density at radius 1 is 0.968 bits per heavy atom. The molecule has 2 aliphatic heterocycles. The number of likely N-dealkylation sites (tertiary alicyclic amines) is 2. The summed E-state index contributed by atoms with van der Waals surface area (Å²) in [5.41, 5.74) is 0.869. The molecule has 2 aromatic rings. The maximum Gasteiger partial charge on any atom is 0.241 e. The Labute approximate surface area is 184 Å². The molecule has 2 amide bonds. The van der Waals surface area contributed by atoms with Gasteiger partial charge in [0, 0.05) is 24.7 Å². The van der Waals surface area contributed by atoms with Crippen molar-refractivity contribution in [3.63, 3.8) is 0 Å². The Balaban J connectivity index is 1.32. The first-order valence-corrected chi connectivity index (χ1v) is 11.5. The molecule has 0 saturated carbocycles. The van der Waals surface area contributed by atoms with E-state index in [0.29, 0.717) is 19.0 Å². The number of anilines is 1. The summed E-state index contributed by atoms with van der Waals surface area (Å²) in [6.07, 6.45) is 5.53. The van der Waals surface area contributed by atoms with Gasteiger partial charge in [0.25, 0.3) is 0 Å². The van der Waals surface area contributed by atoms with Crippen LogP contribution in [0.4, 0.5) is 5.69 Å². The van der Waals surface area contributed by atoms with Gasteiger partial charge in [0.2, 0.25) is 11.8 Å². The second-order valence-corrected chi connectivity index (χ2v) is 8.95. The normalized spacial score (nSPS) is 18.8. The quantitative estimate of drug-likeness (QED) is 0.710. The van der Waals surface area contributed by atoms with Crippen molar-refractivity contribution >= 4 is 17.5 Å². The molecule has 31 heavy (non-hydrogen) atoms. The standard InChI is InChI=1S/C25H33N3O3/c1-20-9-15-27(16-10-20)25(30)21-11-13-26(14-12-21)19-24(29)28(18-23-8-5-17-31-23)22-6-3-2-4-7-22/h2-8,17,20-21H,9-16,18-19H2,1H3. The van der Waals surface area contributed by atoms with E-state index in [2.05, 4.69) is 16.7 Å². The zero-order valence-corrected chi connectivity index (χ0v) is 18.4. The molecule has 0 aliphatic carbocycles. The van der Waals surface area contributed by atoms with Crippen LogP contribution < -0.4 is 4.90 Å². The van der Waals surface area contributed by atoms with E-state index >= 15 is 0 Å². The SMILES string of the molecule is CC1CCN(C(=O)C2CCN(CC(=O)N(Cc3ccco3)c3ccccc3)CC2)CC1. The first kappa shape index (κ1) is 21.6. The minimum Gasteiger partial charge on any atom is -0.467 e. The van der Waals surface area contributed by atoms with Crippen LogP contribution >= 0.6 is 0 Å². The molecule has 2 fully saturated rings. The minimum absolute atomic E-state index is 0.0531. The Morgan fingerprint density at radius 2 is 1.68 bits per heavy atom. The second-order valence-electron chi connectivity index (χ2n) is 8.95. The van der Waals surface area contributed by atoms with Gasteiger partial charge >= 0.3 is 0 Å². The lowest BCUT2D eigenvalue weighted by molar-refractivity contribution is -0.138. The summed E-state index contributed by atoms with van der Waals surface area (Å²) >= 11 is 0. The molecule has 4 rings (SSSR count). The fourth-order valence-electron chi connectivity index (χ4n) is 4.59. The third kappa shape index (κ3) is 5.56. The van der Waals surface area contributed by atoms with Gasteiger partial charge in [-0.15, -0.1) is 0 Å². The van der Waals surface area contributed by atoms with Gasteiger partial charge in [-0.05, 0) is 69.0 Å². The molecule has 6 nitrogen and oxygen atoms in total. The van der Waals surface area contributed by atoms with Crippen molar-refractivity contribution in [3.8, 4) is 0 Å². The molecule has 0 radical (unpaired) electrons. The Kier molecular flexibility index (Phi) is 7.07. The second kappa shape index (κ2) is 10.1. The predicted octanol–water partition coefficient (Wildman–Crippen LogP) is 3.78. The van der Waals surface area contributed by atoms with Crippen LogP contribution in [0.5, 0.6) is 0 Å². The van der Waals surface area contributed by atoms with Gasteiger partial charge in [-0.2, -0.15) is 0 Å². The third-order valence-corrected chi connectivity index (χ3v) is 6.65. The van der Waals surface area contributed by atoms with E-state index < -0.39 is 0 Å². The zero-order chi connectivity index (χ0) is 21.6. The van der Waals surface area contributed by atoms with Crippen LogP contribution in [0.15, 0.2) is 53.1 Å². The number of piperidine rings is 2. The maximum absolute atomic E-state index is 13.2. The van der Waals surface area contributed by atoms with Crippen LogP contribution in [0.25, 0.3) is 0 Å². The number of carbonyl (C=O) groups excluding carboxylic acids is 2. The first-order chi connectivity index (χ1) is 15.1. The van der Waals surface area contributed by atoms with E-state index in [4.69, 9.17) is 4.42 Å². The molecule has 2 aliphatic rings. The molecule has 1 aromatic carbocycles. The highest BCUT2D eigenvalue weighted by Gasteiger charge is 2.31. The summed E-state index contributed by atoms with van der Waals surface area (Å²) in [7, 11) is 0. The molecule has 0 N–H and O–H groups in total. The fourth-order valence-corrected chi connectivity index (χ4v) is 4.59. The largest absolute Gasteiger partial charge is 0.467 e. The number of para-hydroxylation sites is 1. The van der Waals surface area contributed by atoms with Crippen molar-refractivity contribution in [3.05, 3.63) is 54.5 Å². The fraction of sp³-hybridized carbons (Fsp3) is 0.520. The monoisotopic (exact) mass is 423 g/mol. The van der Waals surface area contributed by atoms with Crippen molar-refractivity contribution < 1.29 is 14.0 Å². The summed E-state index contributed by atoms with van der Waals surface area (Å²) in [4.78, 5) is 32.1. The van der Waals surface area contributed by atoms with Gasteiger partial charge in [-0.25, -0.2) is 0 Å². The molecule has 0 bridgehead atoms. The molecular weight excluding hydrogens is 390 g/mol. The van der Waals surface area contributed by atoms with Crippen molar-refractivity contribution in [1.82, 2.24) is 9.80 Å². The van der Waals surface area contributed by atoms with Gasteiger partial charge in [0.05, 0.1) is 19.4 Å². The number of hydrogen-bond donors (Lipinski definition) is 0. The van der Waals surface area contributed by atoms with Gasteiger partial charge in [-0.1, -0.05) is 25.1 Å². The van der Waals surface area contributed by atoms with Crippen LogP contribution in [-0.4, -0.2) is 54.3 Å². The van der Waals surface area contributed by atoms with E-state index in [1.807, 2.05) is 42.5 Å². The average molecular weight is 424 g/mol. The Bertz CT molecular complexity index is 836. The molecule has 0 spiro atoms. The van der Waals surface area contributed by atoms with E-state index in [1.165, 1.54) is 0 Å². The summed E-state index contributed by atoms with van der Waals surface area (Å²) < 4.78 is 5.48. The molecule has 166 valence electrons. The number of amides is 2. The minimum atomic E-state index is 0.0531. The number of benzene rings is 1. The number of rotatable bonds is 6. The molecule has 0 atom stereocenters. The number of carbonyl (C=O) groups is 2.